The fourth-order valence-corrected chi connectivity index (χ4v) is 3.70. The van der Waals surface area contributed by atoms with Crippen molar-refractivity contribution in [3.05, 3.63) is 70.8 Å². The summed E-state index contributed by atoms with van der Waals surface area (Å²) in [5.74, 6) is 0.241. The summed E-state index contributed by atoms with van der Waals surface area (Å²) >= 11 is 5.01. The smallest absolute Gasteiger partial charge is 0.253 e. The number of benzene rings is 2. The molecule has 2 amide bonds. The lowest BCUT2D eigenvalue weighted by atomic mass is 10.1. The fourth-order valence-electron chi connectivity index (χ4n) is 2.77. The van der Waals surface area contributed by atoms with E-state index in [9.17, 15) is 9.59 Å². The Balaban J connectivity index is 1.75. The van der Waals surface area contributed by atoms with Crippen molar-refractivity contribution in [2.75, 3.05) is 17.3 Å². The summed E-state index contributed by atoms with van der Waals surface area (Å²) in [6, 6.07) is 15.9. The van der Waals surface area contributed by atoms with Crippen LogP contribution in [0.4, 0.5) is 5.69 Å². The Hall–Kier alpha value is -2.38. The average Bonchev–Trinajstić information content (AvgIpc) is 2.71. The third-order valence-electron chi connectivity index (χ3n) is 4.22. The fraction of sp³-hybridized carbons (Fsp3) is 0.190. The molecule has 1 atom stereocenters. The van der Waals surface area contributed by atoms with E-state index in [1.54, 1.807) is 36.2 Å². The molecule has 0 radical (unpaired) electrons. The van der Waals surface area contributed by atoms with Crippen LogP contribution in [-0.4, -0.2) is 34.8 Å². The first-order valence-electron chi connectivity index (χ1n) is 8.78. The van der Waals surface area contributed by atoms with Gasteiger partial charge in [0.05, 0.1) is 11.1 Å². The van der Waals surface area contributed by atoms with Gasteiger partial charge in [-0.05, 0) is 70.8 Å². The molecule has 0 aliphatic carbocycles. The summed E-state index contributed by atoms with van der Waals surface area (Å²) in [6.45, 7) is 0. The zero-order valence-corrected chi connectivity index (χ0v) is 17.7. The molecule has 0 bridgehead atoms. The first kappa shape index (κ1) is 20.4. The number of halogens is 1. The van der Waals surface area contributed by atoms with Gasteiger partial charge in [0.25, 0.3) is 5.91 Å². The molecule has 3 aromatic rings. The van der Waals surface area contributed by atoms with E-state index in [0.717, 1.165) is 16.7 Å². The normalized spacial score (nSPS) is 11.8. The van der Waals surface area contributed by atoms with Gasteiger partial charge in [0.15, 0.2) is 0 Å². The number of hydrogen-bond donors (Lipinski definition) is 2. The van der Waals surface area contributed by atoms with Crippen molar-refractivity contribution in [3.63, 3.8) is 0 Å². The van der Waals surface area contributed by atoms with E-state index >= 15 is 0 Å². The molecule has 5 nitrogen and oxygen atoms in total. The third kappa shape index (κ3) is 5.11. The van der Waals surface area contributed by atoms with Crippen LogP contribution >= 0.6 is 27.7 Å². The quantitative estimate of drug-likeness (QED) is 0.548. The molecule has 28 heavy (non-hydrogen) atoms. The lowest BCUT2D eigenvalue weighted by Crippen LogP contribution is -2.44. The highest BCUT2D eigenvalue weighted by Gasteiger charge is 2.22. The summed E-state index contributed by atoms with van der Waals surface area (Å²) in [5.41, 5.74) is 2.04. The van der Waals surface area contributed by atoms with Gasteiger partial charge in [-0.25, -0.2) is 0 Å². The van der Waals surface area contributed by atoms with Crippen LogP contribution in [0, 0.1) is 0 Å². The van der Waals surface area contributed by atoms with Crippen LogP contribution in [0.5, 0.6) is 0 Å². The van der Waals surface area contributed by atoms with Gasteiger partial charge in [-0.15, -0.1) is 0 Å². The zero-order chi connectivity index (χ0) is 19.9. The minimum Gasteiger partial charge on any atom is -0.340 e. The Bertz CT molecular complexity index is 996. The Morgan fingerprint density at radius 3 is 2.75 bits per heavy atom. The van der Waals surface area contributed by atoms with E-state index in [1.807, 2.05) is 42.7 Å². The van der Waals surface area contributed by atoms with Crippen molar-refractivity contribution >= 4 is 56.1 Å². The number of aromatic nitrogens is 1. The van der Waals surface area contributed by atoms with Gasteiger partial charge in [-0.2, -0.15) is 11.8 Å². The van der Waals surface area contributed by atoms with Crippen LogP contribution in [0.25, 0.3) is 10.9 Å². The molecule has 1 unspecified atom stereocenters. The Morgan fingerprint density at radius 2 is 1.96 bits per heavy atom. The topological polar surface area (TPSA) is 71.1 Å². The lowest BCUT2D eigenvalue weighted by Gasteiger charge is -2.19. The maximum atomic E-state index is 12.8. The van der Waals surface area contributed by atoms with Gasteiger partial charge < -0.3 is 10.6 Å². The van der Waals surface area contributed by atoms with Crippen LogP contribution in [0.2, 0.25) is 0 Å². The highest BCUT2D eigenvalue weighted by Crippen LogP contribution is 2.19. The van der Waals surface area contributed by atoms with Crippen molar-refractivity contribution in [2.24, 2.45) is 0 Å². The predicted octanol–water partition coefficient (Wildman–Crippen LogP) is 4.49. The summed E-state index contributed by atoms with van der Waals surface area (Å²) in [6.07, 6.45) is 4.25. The molecular formula is C21H20BrN3O2S. The number of hydrogen-bond acceptors (Lipinski definition) is 4. The maximum Gasteiger partial charge on any atom is 0.253 e. The minimum atomic E-state index is -0.628. The van der Waals surface area contributed by atoms with Crippen LogP contribution in [-0.2, 0) is 4.79 Å². The molecule has 2 N–H and O–H groups in total. The van der Waals surface area contributed by atoms with Crippen molar-refractivity contribution in [1.29, 1.82) is 0 Å². The van der Waals surface area contributed by atoms with Crippen molar-refractivity contribution in [2.45, 2.75) is 12.5 Å². The van der Waals surface area contributed by atoms with Gasteiger partial charge >= 0.3 is 0 Å². The summed E-state index contributed by atoms with van der Waals surface area (Å²) < 4.78 is 0.693. The van der Waals surface area contributed by atoms with Crippen LogP contribution in [0.3, 0.4) is 0 Å². The number of pyridine rings is 1. The second kappa shape index (κ2) is 9.71. The lowest BCUT2D eigenvalue weighted by molar-refractivity contribution is -0.118. The van der Waals surface area contributed by atoms with E-state index in [0.29, 0.717) is 22.1 Å². The number of nitrogens with one attached hydrogen (secondary N) is 2. The molecule has 1 aromatic heterocycles. The molecule has 3 rings (SSSR count). The van der Waals surface area contributed by atoms with Crippen LogP contribution in [0.15, 0.2) is 65.3 Å². The van der Waals surface area contributed by atoms with Crippen LogP contribution < -0.4 is 10.6 Å². The van der Waals surface area contributed by atoms with Gasteiger partial charge in [0.1, 0.15) is 6.04 Å². The van der Waals surface area contributed by atoms with Gasteiger partial charge in [0, 0.05) is 21.7 Å². The molecule has 0 saturated heterocycles. The number of rotatable bonds is 7. The number of carbonyl (C=O) groups is 2. The standard InChI is InChI=1S/C21H20BrN3O2S/c1-28-12-10-19(25-20(26)16-6-2-3-7-17(16)22)21(27)24-15-8-9-18-14(13-15)5-4-11-23-18/h2-9,11,13,19H,10,12H2,1H3,(H,24,27)(H,25,26). The highest BCUT2D eigenvalue weighted by atomic mass is 79.9. The summed E-state index contributed by atoms with van der Waals surface area (Å²) in [4.78, 5) is 29.8. The number of amides is 2. The molecule has 7 heteroatoms. The monoisotopic (exact) mass is 457 g/mol. The Kier molecular flexibility index (Phi) is 7.06. The highest BCUT2D eigenvalue weighted by molar-refractivity contribution is 9.10. The van der Waals surface area contributed by atoms with Gasteiger partial charge in [-0.3, -0.25) is 14.6 Å². The summed E-state index contributed by atoms with van der Waals surface area (Å²) in [5, 5.41) is 6.71. The molecule has 0 aliphatic heterocycles. The number of anilines is 1. The van der Waals surface area contributed by atoms with Gasteiger partial charge in [0.2, 0.25) is 5.91 Å². The number of carbonyl (C=O) groups excluding carboxylic acids is 2. The molecular weight excluding hydrogens is 438 g/mol. The Labute approximate surface area is 176 Å². The second-order valence-corrected chi connectivity index (χ2v) is 8.03. The first-order chi connectivity index (χ1) is 13.6. The molecule has 2 aromatic carbocycles. The number of nitrogens with zero attached hydrogens (tertiary/aromatic N) is 1. The second-order valence-electron chi connectivity index (χ2n) is 6.19. The van der Waals surface area contributed by atoms with Gasteiger partial charge in [-0.1, -0.05) is 18.2 Å². The van der Waals surface area contributed by atoms with E-state index < -0.39 is 6.04 Å². The van der Waals surface area contributed by atoms with E-state index in [-0.39, 0.29) is 11.8 Å². The minimum absolute atomic E-state index is 0.238. The van der Waals surface area contributed by atoms with Crippen LogP contribution in [0.1, 0.15) is 16.8 Å². The summed E-state index contributed by atoms with van der Waals surface area (Å²) in [7, 11) is 0. The molecule has 0 aliphatic rings. The SMILES string of the molecule is CSCCC(NC(=O)c1ccccc1Br)C(=O)Nc1ccc2ncccc2c1. The van der Waals surface area contributed by atoms with E-state index in [4.69, 9.17) is 0 Å². The van der Waals surface area contributed by atoms with E-state index in [2.05, 4.69) is 31.5 Å². The largest absolute Gasteiger partial charge is 0.340 e. The molecule has 0 fully saturated rings. The van der Waals surface area contributed by atoms with Crippen molar-refractivity contribution in [3.8, 4) is 0 Å². The third-order valence-corrected chi connectivity index (χ3v) is 5.56. The number of thioether (sulfide) groups is 1. The molecule has 0 spiro atoms. The molecule has 144 valence electrons. The number of fused-ring (bicyclic) bond motifs is 1. The van der Waals surface area contributed by atoms with Crippen molar-refractivity contribution < 1.29 is 9.59 Å². The predicted molar refractivity (Wildman–Crippen MR) is 119 cm³/mol. The average molecular weight is 458 g/mol. The van der Waals surface area contributed by atoms with E-state index in [1.165, 1.54) is 0 Å². The molecule has 0 saturated carbocycles. The zero-order valence-electron chi connectivity index (χ0n) is 15.3. The first-order valence-corrected chi connectivity index (χ1v) is 11.0. The molecule has 1 heterocycles. The van der Waals surface area contributed by atoms with Crippen molar-refractivity contribution in [1.82, 2.24) is 10.3 Å². The maximum absolute atomic E-state index is 12.8. The Morgan fingerprint density at radius 1 is 1.14 bits per heavy atom.